The van der Waals surface area contributed by atoms with Gasteiger partial charge < -0.3 is 14.2 Å². The van der Waals surface area contributed by atoms with Gasteiger partial charge in [0, 0.05) is 0 Å². The summed E-state index contributed by atoms with van der Waals surface area (Å²) in [5.41, 5.74) is 0.816. The molecular formula is C15H17BrO4. The maximum Gasteiger partial charge on any atom is 0.322 e. The first-order valence-corrected chi connectivity index (χ1v) is 7.05. The molecule has 0 spiro atoms. The molecule has 4 nitrogen and oxygen atoms in total. The predicted molar refractivity (Wildman–Crippen MR) is 79.9 cm³/mol. The van der Waals surface area contributed by atoms with E-state index in [1.807, 2.05) is 12.1 Å². The maximum absolute atomic E-state index is 11.8. The number of terminal acetylenes is 1. The first kappa shape index (κ1) is 16.5. The lowest BCUT2D eigenvalue weighted by molar-refractivity contribution is -0.145. The van der Waals surface area contributed by atoms with Crippen molar-refractivity contribution in [1.29, 1.82) is 0 Å². The fraction of sp³-hybridized carbons (Fsp3) is 0.400. The van der Waals surface area contributed by atoms with E-state index in [2.05, 4.69) is 21.9 Å². The molecule has 0 heterocycles. The summed E-state index contributed by atoms with van der Waals surface area (Å²) in [7, 11) is 1.59. The highest BCUT2D eigenvalue weighted by Crippen LogP contribution is 2.28. The van der Waals surface area contributed by atoms with E-state index in [1.54, 1.807) is 26.2 Å². The smallest absolute Gasteiger partial charge is 0.322 e. The number of alkyl halides is 1. The monoisotopic (exact) mass is 340 g/mol. The largest absolute Gasteiger partial charge is 0.497 e. The Hall–Kier alpha value is -1.51. The van der Waals surface area contributed by atoms with Crippen molar-refractivity contribution in [2.24, 2.45) is 0 Å². The molecule has 2 atom stereocenters. The predicted octanol–water partition coefficient (Wildman–Crippen LogP) is 2.71. The zero-order valence-electron chi connectivity index (χ0n) is 11.5. The van der Waals surface area contributed by atoms with Crippen LogP contribution in [0.25, 0.3) is 0 Å². The van der Waals surface area contributed by atoms with Crippen LogP contribution in [-0.2, 0) is 14.3 Å². The van der Waals surface area contributed by atoms with Gasteiger partial charge in [-0.1, -0.05) is 34.0 Å². The van der Waals surface area contributed by atoms with Crippen LogP contribution in [0.5, 0.6) is 5.75 Å². The minimum absolute atomic E-state index is 0.109. The topological polar surface area (TPSA) is 44.8 Å². The van der Waals surface area contributed by atoms with Crippen molar-refractivity contribution >= 4 is 21.9 Å². The molecule has 0 aliphatic carbocycles. The van der Waals surface area contributed by atoms with E-state index in [4.69, 9.17) is 20.6 Å². The van der Waals surface area contributed by atoms with E-state index in [1.165, 1.54) is 0 Å². The van der Waals surface area contributed by atoms with Crippen molar-refractivity contribution in [3.8, 4) is 18.1 Å². The molecule has 0 radical (unpaired) electrons. The molecule has 108 valence electrons. The molecule has 0 saturated heterocycles. The molecule has 0 bridgehead atoms. The van der Waals surface area contributed by atoms with Crippen LogP contribution in [0.15, 0.2) is 24.3 Å². The number of hydrogen-bond donors (Lipinski definition) is 0. The van der Waals surface area contributed by atoms with Gasteiger partial charge in [0.1, 0.15) is 23.3 Å². The highest BCUT2D eigenvalue weighted by atomic mass is 79.9. The van der Waals surface area contributed by atoms with E-state index < -0.39 is 10.9 Å². The Kier molecular flexibility index (Phi) is 7.13. The molecule has 0 aliphatic heterocycles. The van der Waals surface area contributed by atoms with E-state index in [-0.39, 0.29) is 12.6 Å². The standard InChI is InChI=1S/C15H17BrO4/c1-4-10-20-14(13(16)15(17)19-5-2)11-6-8-12(18-3)9-7-11/h1,6-9,13-14H,5,10H2,2-3H3. The molecule has 1 aromatic rings. The second-order valence-corrected chi connectivity index (χ2v) is 4.85. The van der Waals surface area contributed by atoms with Gasteiger partial charge >= 0.3 is 5.97 Å². The van der Waals surface area contributed by atoms with Crippen molar-refractivity contribution < 1.29 is 19.0 Å². The third-order valence-electron chi connectivity index (χ3n) is 2.57. The van der Waals surface area contributed by atoms with Gasteiger partial charge in [0.25, 0.3) is 0 Å². The molecule has 0 amide bonds. The van der Waals surface area contributed by atoms with Gasteiger partial charge in [-0.3, -0.25) is 4.79 Å². The lowest BCUT2D eigenvalue weighted by Crippen LogP contribution is -2.26. The van der Waals surface area contributed by atoms with Gasteiger partial charge in [-0.05, 0) is 24.6 Å². The quantitative estimate of drug-likeness (QED) is 0.435. The zero-order chi connectivity index (χ0) is 15.0. The Morgan fingerprint density at radius 1 is 1.40 bits per heavy atom. The number of carbonyl (C=O) groups excluding carboxylic acids is 1. The molecule has 1 aromatic carbocycles. The summed E-state index contributed by atoms with van der Waals surface area (Å²) in [5.74, 6) is 2.74. The van der Waals surface area contributed by atoms with Crippen LogP contribution in [0.1, 0.15) is 18.6 Å². The Morgan fingerprint density at radius 3 is 2.55 bits per heavy atom. The molecular weight excluding hydrogens is 324 g/mol. The summed E-state index contributed by atoms with van der Waals surface area (Å²) in [6.45, 7) is 2.17. The lowest BCUT2D eigenvalue weighted by Gasteiger charge is -2.21. The van der Waals surface area contributed by atoms with Crippen molar-refractivity contribution in [1.82, 2.24) is 0 Å². The molecule has 5 heteroatoms. The fourth-order valence-corrected chi connectivity index (χ4v) is 2.22. The van der Waals surface area contributed by atoms with Gasteiger partial charge in [0.15, 0.2) is 0 Å². The van der Waals surface area contributed by atoms with Crippen LogP contribution >= 0.6 is 15.9 Å². The first-order valence-electron chi connectivity index (χ1n) is 6.13. The molecule has 0 aromatic heterocycles. The molecule has 1 rings (SSSR count). The summed E-state index contributed by atoms with van der Waals surface area (Å²) in [4.78, 5) is 11.2. The molecule has 0 fully saturated rings. The van der Waals surface area contributed by atoms with E-state index >= 15 is 0 Å². The first-order chi connectivity index (χ1) is 9.63. The van der Waals surface area contributed by atoms with Crippen LogP contribution in [0.4, 0.5) is 0 Å². The van der Waals surface area contributed by atoms with E-state index in [9.17, 15) is 4.79 Å². The maximum atomic E-state index is 11.8. The number of methoxy groups -OCH3 is 1. The molecule has 2 unspecified atom stereocenters. The molecule has 0 N–H and O–H groups in total. The van der Waals surface area contributed by atoms with Crippen molar-refractivity contribution in [2.75, 3.05) is 20.3 Å². The van der Waals surface area contributed by atoms with Crippen LogP contribution in [-0.4, -0.2) is 31.1 Å². The van der Waals surface area contributed by atoms with Crippen LogP contribution < -0.4 is 4.74 Å². The number of halogens is 1. The fourth-order valence-electron chi connectivity index (χ4n) is 1.63. The van der Waals surface area contributed by atoms with Crippen molar-refractivity contribution in [2.45, 2.75) is 17.9 Å². The normalized spacial score (nSPS) is 13.1. The Bertz CT molecular complexity index is 464. The van der Waals surface area contributed by atoms with Gasteiger partial charge in [-0.2, -0.15) is 0 Å². The van der Waals surface area contributed by atoms with Crippen LogP contribution in [0.2, 0.25) is 0 Å². The van der Waals surface area contributed by atoms with E-state index in [0.29, 0.717) is 6.61 Å². The average Bonchev–Trinajstić information content (AvgIpc) is 2.48. The van der Waals surface area contributed by atoms with E-state index in [0.717, 1.165) is 11.3 Å². The SMILES string of the molecule is C#CCOC(c1ccc(OC)cc1)C(Br)C(=O)OCC. The van der Waals surface area contributed by atoms with Gasteiger partial charge in [0.05, 0.1) is 13.7 Å². The Balaban J connectivity index is 2.92. The third-order valence-corrected chi connectivity index (χ3v) is 3.42. The second kappa shape index (κ2) is 8.62. The zero-order valence-corrected chi connectivity index (χ0v) is 13.1. The van der Waals surface area contributed by atoms with Crippen molar-refractivity contribution in [3.63, 3.8) is 0 Å². The second-order valence-electron chi connectivity index (χ2n) is 3.86. The number of ether oxygens (including phenoxy) is 3. The van der Waals surface area contributed by atoms with Crippen LogP contribution in [0, 0.1) is 12.3 Å². The number of hydrogen-bond acceptors (Lipinski definition) is 4. The third kappa shape index (κ3) is 4.55. The number of benzene rings is 1. The summed E-state index contributed by atoms with van der Waals surface area (Å²) >= 11 is 3.31. The molecule has 20 heavy (non-hydrogen) atoms. The Labute approximate surface area is 127 Å². The van der Waals surface area contributed by atoms with Gasteiger partial charge in [0.2, 0.25) is 0 Å². The summed E-state index contributed by atoms with van der Waals surface area (Å²) in [6, 6.07) is 7.25. The molecule has 0 saturated carbocycles. The summed E-state index contributed by atoms with van der Waals surface area (Å²) in [5, 5.41) is 0. The van der Waals surface area contributed by atoms with Gasteiger partial charge in [-0.15, -0.1) is 6.42 Å². The summed E-state index contributed by atoms with van der Waals surface area (Å²) in [6.07, 6.45) is 4.69. The van der Waals surface area contributed by atoms with Gasteiger partial charge in [-0.25, -0.2) is 0 Å². The Morgan fingerprint density at radius 2 is 2.05 bits per heavy atom. The van der Waals surface area contributed by atoms with Crippen LogP contribution in [0.3, 0.4) is 0 Å². The minimum atomic E-state index is -0.621. The summed E-state index contributed by atoms with van der Waals surface area (Å²) < 4.78 is 15.6. The number of carbonyl (C=O) groups is 1. The highest BCUT2D eigenvalue weighted by Gasteiger charge is 2.29. The average molecular weight is 341 g/mol. The number of rotatable bonds is 7. The van der Waals surface area contributed by atoms with Crippen molar-refractivity contribution in [3.05, 3.63) is 29.8 Å². The minimum Gasteiger partial charge on any atom is -0.497 e. The highest BCUT2D eigenvalue weighted by molar-refractivity contribution is 9.10. The molecule has 0 aliphatic rings. The number of esters is 1. The lowest BCUT2D eigenvalue weighted by atomic mass is 10.1.